The molecule has 1 aliphatic carbocycles. The third-order valence-electron chi connectivity index (χ3n) is 4.67. The highest BCUT2D eigenvalue weighted by Crippen LogP contribution is 2.32. The van der Waals surface area contributed by atoms with Gasteiger partial charge in [-0.3, -0.25) is 0 Å². The summed E-state index contributed by atoms with van der Waals surface area (Å²) in [5.74, 6) is -0.429. The van der Waals surface area contributed by atoms with Crippen LogP contribution in [0.25, 0.3) is 0 Å². The number of hydrogen-bond donors (Lipinski definition) is 1. The monoisotopic (exact) mass is 272 g/mol. The molecule has 0 radical (unpaired) electrons. The topological polar surface area (TPSA) is 38.7 Å². The highest BCUT2D eigenvalue weighted by atomic mass is 16.7. The molecule has 0 atom stereocenters. The highest BCUT2D eigenvalue weighted by molar-refractivity contribution is 4.81. The van der Waals surface area contributed by atoms with Gasteiger partial charge in [0, 0.05) is 20.6 Å². The summed E-state index contributed by atoms with van der Waals surface area (Å²) in [4.78, 5) is 0. The molecule has 0 aromatic carbocycles. The number of rotatable bonds is 9. The van der Waals surface area contributed by atoms with E-state index in [2.05, 4.69) is 0 Å². The molecule has 0 spiro atoms. The van der Waals surface area contributed by atoms with Crippen molar-refractivity contribution < 1.29 is 14.6 Å². The van der Waals surface area contributed by atoms with E-state index >= 15 is 0 Å². The lowest BCUT2D eigenvalue weighted by Crippen LogP contribution is -2.31. The summed E-state index contributed by atoms with van der Waals surface area (Å²) in [6.07, 6.45) is 12.3. The fourth-order valence-electron chi connectivity index (χ4n) is 3.00. The molecule has 0 aromatic heterocycles. The second-order valence-corrected chi connectivity index (χ2v) is 6.24. The normalized spacial score (nSPS) is 19.6. The van der Waals surface area contributed by atoms with E-state index in [0.717, 1.165) is 38.5 Å². The van der Waals surface area contributed by atoms with E-state index < -0.39 is 5.79 Å². The van der Waals surface area contributed by atoms with Crippen molar-refractivity contribution in [2.75, 3.05) is 14.2 Å². The van der Waals surface area contributed by atoms with Gasteiger partial charge in [0.15, 0.2) is 5.79 Å². The largest absolute Gasteiger partial charge is 0.390 e. The summed E-state index contributed by atoms with van der Waals surface area (Å²) < 4.78 is 10.7. The first-order chi connectivity index (χ1) is 9.04. The molecule has 3 heteroatoms. The maximum Gasteiger partial charge on any atom is 0.164 e. The van der Waals surface area contributed by atoms with Crippen LogP contribution in [0.5, 0.6) is 0 Å². The van der Waals surface area contributed by atoms with Gasteiger partial charge in [-0.1, -0.05) is 38.5 Å². The predicted molar refractivity (Wildman–Crippen MR) is 78.2 cm³/mol. The van der Waals surface area contributed by atoms with E-state index in [4.69, 9.17) is 9.47 Å². The number of methoxy groups -OCH3 is 2. The minimum Gasteiger partial charge on any atom is -0.390 e. The van der Waals surface area contributed by atoms with Crippen molar-refractivity contribution in [3.8, 4) is 0 Å². The van der Waals surface area contributed by atoms with Crippen molar-refractivity contribution >= 4 is 0 Å². The molecule has 0 aliphatic heterocycles. The fraction of sp³-hybridized carbons (Fsp3) is 1.00. The van der Waals surface area contributed by atoms with Crippen LogP contribution in [0.15, 0.2) is 0 Å². The second kappa shape index (κ2) is 8.23. The van der Waals surface area contributed by atoms with Crippen LogP contribution in [-0.2, 0) is 9.47 Å². The quantitative estimate of drug-likeness (QED) is 0.509. The summed E-state index contributed by atoms with van der Waals surface area (Å²) in [5, 5.41) is 10.4. The predicted octanol–water partition coefficient (Wildman–Crippen LogP) is 4.03. The average Bonchev–Trinajstić information content (AvgIpc) is 2.43. The number of aliphatic hydroxyl groups is 1. The van der Waals surface area contributed by atoms with Crippen LogP contribution in [0.1, 0.15) is 77.6 Å². The Morgan fingerprint density at radius 1 is 0.947 bits per heavy atom. The van der Waals surface area contributed by atoms with Crippen LogP contribution < -0.4 is 0 Å². The molecular weight excluding hydrogens is 240 g/mol. The fourth-order valence-corrected chi connectivity index (χ4v) is 3.00. The van der Waals surface area contributed by atoms with Crippen molar-refractivity contribution in [1.82, 2.24) is 0 Å². The Balaban J connectivity index is 2.05. The SMILES string of the molecule is COC(C)(CCCCCCC1(O)CCCCC1)OC. The lowest BCUT2D eigenvalue weighted by molar-refractivity contribution is -0.197. The van der Waals surface area contributed by atoms with E-state index in [-0.39, 0.29) is 5.60 Å². The van der Waals surface area contributed by atoms with E-state index in [1.54, 1.807) is 14.2 Å². The van der Waals surface area contributed by atoms with E-state index in [1.807, 2.05) is 6.92 Å². The van der Waals surface area contributed by atoms with Gasteiger partial charge >= 0.3 is 0 Å². The van der Waals surface area contributed by atoms with Crippen molar-refractivity contribution in [1.29, 1.82) is 0 Å². The molecule has 3 nitrogen and oxygen atoms in total. The van der Waals surface area contributed by atoms with E-state index in [0.29, 0.717) is 0 Å². The van der Waals surface area contributed by atoms with Crippen LogP contribution in [0.2, 0.25) is 0 Å². The van der Waals surface area contributed by atoms with Crippen LogP contribution in [0.4, 0.5) is 0 Å². The zero-order valence-electron chi connectivity index (χ0n) is 13.0. The summed E-state index contributed by atoms with van der Waals surface area (Å²) >= 11 is 0. The summed E-state index contributed by atoms with van der Waals surface area (Å²) in [7, 11) is 3.39. The van der Waals surface area contributed by atoms with Crippen LogP contribution in [0.3, 0.4) is 0 Å². The molecule has 1 N–H and O–H groups in total. The van der Waals surface area contributed by atoms with Crippen LogP contribution in [0, 0.1) is 0 Å². The van der Waals surface area contributed by atoms with Gasteiger partial charge in [0.2, 0.25) is 0 Å². The molecule has 114 valence electrons. The molecule has 0 unspecified atom stereocenters. The molecule has 0 bridgehead atoms. The molecule has 1 rings (SSSR count). The Labute approximate surface area is 118 Å². The number of hydrogen-bond acceptors (Lipinski definition) is 3. The van der Waals surface area contributed by atoms with Gasteiger partial charge in [-0.25, -0.2) is 0 Å². The van der Waals surface area contributed by atoms with Crippen LogP contribution >= 0.6 is 0 Å². The molecule has 1 saturated carbocycles. The van der Waals surface area contributed by atoms with Crippen molar-refractivity contribution in [2.24, 2.45) is 0 Å². The molecular formula is C16H32O3. The Hall–Kier alpha value is -0.120. The number of unbranched alkanes of at least 4 members (excludes halogenated alkanes) is 3. The van der Waals surface area contributed by atoms with Gasteiger partial charge in [-0.2, -0.15) is 0 Å². The third kappa shape index (κ3) is 6.24. The van der Waals surface area contributed by atoms with Crippen molar-refractivity contribution in [2.45, 2.75) is 88.9 Å². The zero-order chi connectivity index (χ0) is 14.2. The van der Waals surface area contributed by atoms with E-state index in [1.165, 1.54) is 32.1 Å². The minimum atomic E-state index is -0.429. The highest BCUT2D eigenvalue weighted by Gasteiger charge is 2.28. The average molecular weight is 272 g/mol. The van der Waals surface area contributed by atoms with Gasteiger partial charge in [-0.05, 0) is 32.6 Å². The molecule has 0 saturated heterocycles. The zero-order valence-corrected chi connectivity index (χ0v) is 13.0. The first-order valence-electron chi connectivity index (χ1n) is 7.86. The van der Waals surface area contributed by atoms with Gasteiger partial charge in [0.25, 0.3) is 0 Å². The van der Waals surface area contributed by atoms with Crippen LogP contribution in [-0.4, -0.2) is 30.7 Å². The Morgan fingerprint density at radius 2 is 1.53 bits per heavy atom. The van der Waals surface area contributed by atoms with Crippen molar-refractivity contribution in [3.63, 3.8) is 0 Å². The second-order valence-electron chi connectivity index (χ2n) is 6.24. The molecule has 0 amide bonds. The maximum atomic E-state index is 10.4. The van der Waals surface area contributed by atoms with E-state index in [9.17, 15) is 5.11 Å². The first kappa shape index (κ1) is 16.9. The molecule has 1 fully saturated rings. The standard InChI is InChI=1S/C16H32O3/c1-15(18-2,19-3)11-7-4-5-8-12-16(17)13-9-6-10-14-16/h17H,4-14H2,1-3H3. The summed E-state index contributed by atoms with van der Waals surface area (Å²) in [5.41, 5.74) is -0.341. The van der Waals surface area contributed by atoms with Gasteiger partial charge < -0.3 is 14.6 Å². The molecule has 19 heavy (non-hydrogen) atoms. The maximum absolute atomic E-state index is 10.4. The molecule has 0 aromatic rings. The van der Waals surface area contributed by atoms with Gasteiger partial charge in [0.1, 0.15) is 0 Å². The molecule has 1 aliphatic rings. The van der Waals surface area contributed by atoms with Gasteiger partial charge in [0.05, 0.1) is 5.60 Å². The Morgan fingerprint density at radius 3 is 2.11 bits per heavy atom. The summed E-state index contributed by atoms with van der Waals surface area (Å²) in [6.45, 7) is 1.98. The number of ether oxygens (including phenoxy) is 2. The lowest BCUT2D eigenvalue weighted by atomic mass is 9.81. The lowest BCUT2D eigenvalue weighted by Gasteiger charge is -2.32. The Kier molecular flexibility index (Phi) is 7.33. The minimum absolute atomic E-state index is 0.341. The first-order valence-corrected chi connectivity index (χ1v) is 7.86. The summed E-state index contributed by atoms with van der Waals surface area (Å²) in [6, 6.07) is 0. The molecule has 0 heterocycles. The van der Waals surface area contributed by atoms with Gasteiger partial charge in [-0.15, -0.1) is 0 Å². The third-order valence-corrected chi connectivity index (χ3v) is 4.67. The van der Waals surface area contributed by atoms with Crippen molar-refractivity contribution in [3.05, 3.63) is 0 Å². The Bertz CT molecular complexity index is 230. The smallest absolute Gasteiger partial charge is 0.164 e.